The van der Waals surface area contributed by atoms with Crippen molar-refractivity contribution in [1.29, 1.82) is 0 Å². The maximum atomic E-state index is 12.0. The Hall–Kier alpha value is -5.95. The third-order valence-electron chi connectivity index (χ3n) is 11.7. The van der Waals surface area contributed by atoms with Crippen molar-refractivity contribution < 1.29 is 89.4 Å². The molecule has 1 atom stereocenters. The summed E-state index contributed by atoms with van der Waals surface area (Å²) in [6.45, 7) is 8.11. The summed E-state index contributed by atoms with van der Waals surface area (Å²) in [6, 6.07) is 76.3. The molecular formula is C66H52F10OP2Pt2S-4. The van der Waals surface area contributed by atoms with Crippen LogP contribution in [-0.4, -0.2) is 14.6 Å². The van der Waals surface area contributed by atoms with Crippen molar-refractivity contribution in [2.24, 2.45) is 0 Å². The number of rotatable bonds is 9. The summed E-state index contributed by atoms with van der Waals surface area (Å²) in [6.07, 6.45) is 5.06. The fraction of sp³-hybridized carbons (Fsp3) is 0.106. The molecule has 0 amide bonds. The van der Waals surface area contributed by atoms with Gasteiger partial charge in [0.25, 0.3) is 0 Å². The van der Waals surface area contributed by atoms with Crippen molar-refractivity contribution in [3.8, 4) is 0 Å². The number of hydrogen-bond donors (Lipinski definition) is 1. The zero-order valence-electron chi connectivity index (χ0n) is 44.3. The Morgan fingerprint density at radius 1 is 0.439 bits per heavy atom. The summed E-state index contributed by atoms with van der Waals surface area (Å²) in [5.74, 6) is -20.1. The van der Waals surface area contributed by atoms with Gasteiger partial charge in [-0.1, -0.05) is 212 Å². The van der Waals surface area contributed by atoms with Gasteiger partial charge in [0.05, 0.1) is 58.2 Å². The van der Waals surface area contributed by atoms with Crippen LogP contribution in [0.3, 0.4) is 0 Å². The van der Waals surface area contributed by atoms with Crippen molar-refractivity contribution in [3.05, 3.63) is 305 Å². The summed E-state index contributed by atoms with van der Waals surface area (Å²) < 4.78 is 121. The zero-order chi connectivity index (χ0) is 59.1. The summed E-state index contributed by atoms with van der Waals surface area (Å²) in [7, 11) is -0.892. The Balaban J connectivity index is 0.000000217. The molecule has 0 bridgehead atoms. The Labute approximate surface area is 506 Å². The van der Waals surface area contributed by atoms with E-state index in [4.69, 9.17) is 12.6 Å². The molecule has 10 rings (SSSR count). The van der Waals surface area contributed by atoms with Gasteiger partial charge in [0.2, 0.25) is 0 Å². The van der Waals surface area contributed by atoms with Crippen LogP contribution in [0, 0.1) is 76.4 Å². The molecule has 1 unspecified atom stereocenters. The van der Waals surface area contributed by atoms with Crippen LogP contribution < -0.4 is 31.8 Å². The van der Waals surface area contributed by atoms with E-state index in [1.807, 2.05) is 44.2 Å². The van der Waals surface area contributed by atoms with Gasteiger partial charge in [-0.05, 0) is 47.7 Å². The Kier molecular flexibility index (Phi) is 28.9. The third kappa shape index (κ3) is 19.9. The molecule has 82 heavy (non-hydrogen) atoms. The van der Waals surface area contributed by atoms with Gasteiger partial charge in [-0.2, -0.15) is 4.90 Å². The molecule has 16 heteroatoms. The van der Waals surface area contributed by atoms with E-state index in [0.29, 0.717) is 0 Å². The average Bonchev–Trinajstić information content (AvgIpc) is 3.61. The summed E-state index contributed by atoms with van der Waals surface area (Å²) in [5, 5.41) is 18.4. The molecule has 0 spiro atoms. The van der Waals surface area contributed by atoms with Gasteiger partial charge in [0.15, 0.2) is 0 Å². The maximum Gasteiger partial charge on any atom is 0.0893 e. The molecule has 1 aliphatic carbocycles. The minimum absolute atomic E-state index is 0. The van der Waals surface area contributed by atoms with Gasteiger partial charge in [0.1, 0.15) is 0 Å². The molecule has 0 aliphatic heterocycles. The van der Waals surface area contributed by atoms with Gasteiger partial charge >= 0.3 is 97.3 Å². The van der Waals surface area contributed by atoms with Crippen LogP contribution in [-0.2, 0) is 53.0 Å². The van der Waals surface area contributed by atoms with Crippen molar-refractivity contribution in [2.45, 2.75) is 51.0 Å². The standard InChI is InChI=1S/2C18H15P.C12H17O.2C6F5.C6H6S.2Pt/c2*1-4-10-16(11-5-1)19(17-12-6-2-7-13-17)18-14-8-3-9-15-18;1-5-9(3)10-7-11(8-10)12(4,13)6-2;2*7-2-1-3(8)5(10)6(11)4(2)9;7-6-4-2-1-3-5-6;;/h2*1-15H;13H,5-6H2,1-4H3;;;1-5,7H;;/q;;3*-1;;;/p-1. The van der Waals surface area contributed by atoms with Crippen LogP contribution in [0.15, 0.2) is 234 Å². The first-order valence-electron chi connectivity index (χ1n) is 24.8. The molecule has 0 saturated heterocycles. The molecule has 0 aromatic heterocycles. The summed E-state index contributed by atoms with van der Waals surface area (Å²) >= 11 is 7.10. The molecular weight excluding hydrogens is 1480 g/mol. The first-order chi connectivity index (χ1) is 38.8. The van der Waals surface area contributed by atoms with Crippen LogP contribution in [0.25, 0.3) is 0 Å². The van der Waals surface area contributed by atoms with Gasteiger partial charge < -0.3 is 12.6 Å². The largest absolute Gasteiger partial charge is 0.780 e. The van der Waals surface area contributed by atoms with Crippen molar-refractivity contribution >= 4 is 64.2 Å². The topological polar surface area (TPSA) is 20.2 Å². The van der Waals surface area contributed by atoms with Gasteiger partial charge in [0, 0.05) is 21.1 Å². The molecule has 1 aliphatic rings. The zero-order valence-corrected chi connectivity index (χ0v) is 51.4. The summed E-state index contributed by atoms with van der Waals surface area (Å²) in [4.78, 5) is 0.905. The SMILES string of the molecule is CC/C(C)=C1/[C-]=C(C(C)(O)CC)[C]1=[Pt].Fc1[c-]c(F)c(F)c(F)c1F.Fc1[c-]c(F)c(F)c(F)c1F.[Pt].[S-]c1ccccc1.c1ccc(P(c2ccccc2)c2ccccc2)cc1.c1ccc(P(c2ccccc2)c2ccccc2)cc1. The number of halogens is 10. The molecule has 9 aromatic carbocycles. The van der Waals surface area contributed by atoms with Crippen molar-refractivity contribution in [1.82, 2.24) is 0 Å². The third-order valence-corrected chi connectivity index (χ3v) is 17.9. The second-order valence-corrected chi connectivity index (χ2v) is 23.4. The molecule has 0 radical (unpaired) electrons. The molecule has 0 saturated carbocycles. The molecule has 1 N–H and O–H groups in total. The molecule has 1 nitrogen and oxygen atoms in total. The van der Waals surface area contributed by atoms with Crippen molar-refractivity contribution in [2.75, 3.05) is 0 Å². The van der Waals surface area contributed by atoms with Gasteiger partial charge in [-0.3, -0.25) is 17.6 Å². The second kappa shape index (κ2) is 34.6. The van der Waals surface area contributed by atoms with Crippen LogP contribution in [0.5, 0.6) is 0 Å². The van der Waals surface area contributed by atoms with Crippen LogP contribution in [0.2, 0.25) is 0 Å². The van der Waals surface area contributed by atoms with Crippen LogP contribution in [0.1, 0.15) is 40.5 Å². The maximum absolute atomic E-state index is 12.0. The van der Waals surface area contributed by atoms with E-state index < -0.39 is 79.6 Å². The smallest absolute Gasteiger partial charge is 0.0893 e. The molecule has 9 aromatic rings. The number of aliphatic hydroxyl groups is 1. The van der Waals surface area contributed by atoms with Crippen LogP contribution >= 0.6 is 15.8 Å². The predicted molar refractivity (Wildman–Crippen MR) is 308 cm³/mol. The molecule has 0 heterocycles. The molecule has 0 fully saturated rings. The second-order valence-electron chi connectivity index (χ2n) is 17.3. The van der Waals surface area contributed by atoms with E-state index in [1.54, 1.807) is 0 Å². The van der Waals surface area contributed by atoms with E-state index in [1.165, 1.54) is 46.9 Å². The normalized spacial score (nSPS) is 12.5. The first kappa shape index (κ1) is 68.5. The monoisotopic (exact) mass is 1530 g/mol. The predicted octanol–water partition coefficient (Wildman–Crippen LogP) is 15.2. The number of benzene rings is 9. The van der Waals surface area contributed by atoms with E-state index in [9.17, 15) is 49.0 Å². The number of allylic oxidation sites excluding steroid dienone is 3. The minimum atomic E-state index is -2.17. The fourth-order valence-corrected chi connectivity index (χ4v) is 13.2. The van der Waals surface area contributed by atoms with E-state index >= 15 is 0 Å². The van der Waals surface area contributed by atoms with Crippen molar-refractivity contribution in [3.63, 3.8) is 0 Å². The summed E-state index contributed by atoms with van der Waals surface area (Å²) in [5.41, 5.74) is 2.84. The Morgan fingerprint density at radius 3 is 0.854 bits per heavy atom. The molecule has 432 valence electrons. The first-order valence-corrected chi connectivity index (χ1v) is 29.0. The fourth-order valence-electron chi connectivity index (χ4n) is 7.05. The van der Waals surface area contributed by atoms with E-state index in [0.717, 1.165) is 35.4 Å². The van der Waals surface area contributed by atoms with Gasteiger partial charge in [-0.15, -0.1) is 12.1 Å². The van der Waals surface area contributed by atoms with E-state index in [2.05, 4.69) is 221 Å². The van der Waals surface area contributed by atoms with Gasteiger partial charge in [-0.25, -0.2) is 26.3 Å². The Bertz CT molecular complexity index is 3040. The van der Waals surface area contributed by atoms with Crippen LogP contribution in [0.4, 0.5) is 43.9 Å². The quantitative estimate of drug-likeness (QED) is 0.0388. The Morgan fingerprint density at radius 2 is 0.671 bits per heavy atom. The average molecular weight is 1540 g/mol. The minimum Gasteiger partial charge on any atom is -0.780 e. The number of hydrogen-bond acceptors (Lipinski definition) is 2. The van der Waals surface area contributed by atoms with E-state index in [-0.39, 0.29) is 21.1 Å².